The van der Waals surface area contributed by atoms with Crippen LogP contribution in [0.15, 0.2) is 60.7 Å². The van der Waals surface area contributed by atoms with Gasteiger partial charge in [0.2, 0.25) is 23.6 Å². The van der Waals surface area contributed by atoms with Crippen LogP contribution >= 0.6 is 0 Å². The molecule has 19 nitrogen and oxygen atoms in total. The molecule has 2 aliphatic rings. The zero-order valence-corrected chi connectivity index (χ0v) is 42.5. The highest BCUT2D eigenvalue weighted by Crippen LogP contribution is 2.34. The van der Waals surface area contributed by atoms with Crippen LogP contribution in [0.3, 0.4) is 0 Å². The molecule has 2 fully saturated rings. The highest BCUT2D eigenvalue weighted by atomic mass is 16.6. The van der Waals surface area contributed by atoms with Gasteiger partial charge in [0.05, 0.1) is 13.7 Å². The molecule has 386 valence electrons. The molecule has 6 N–H and O–H groups in total. The summed E-state index contributed by atoms with van der Waals surface area (Å²) < 4.78 is 21.3. The number of hydrogen-bond donors (Lipinski definition) is 6. The van der Waals surface area contributed by atoms with Crippen LogP contribution in [0.25, 0.3) is 0 Å². The number of methoxy groups -OCH3 is 1. The summed E-state index contributed by atoms with van der Waals surface area (Å²) in [5.74, 6) is -3.18. The van der Waals surface area contributed by atoms with Crippen LogP contribution in [0.1, 0.15) is 118 Å². The van der Waals surface area contributed by atoms with E-state index in [2.05, 4.69) is 31.9 Å². The van der Waals surface area contributed by atoms with Crippen molar-refractivity contribution in [2.45, 2.75) is 167 Å². The molecule has 1 aliphatic carbocycles. The number of carbonyl (C=O) groups is 8. The number of nitrogens with one attached hydrogen (secondary N) is 6. The molecule has 1 heterocycles. The fraction of sp³-hybridized carbons (Fsp3) is 0.608. The van der Waals surface area contributed by atoms with Crippen molar-refractivity contribution < 1.29 is 57.3 Å². The quantitative estimate of drug-likeness (QED) is 0.0551. The second kappa shape index (κ2) is 24.9. The van der Waals surface area contributed by atoms with Crippen LogP contribution in [0.5, 0.6) is 0 Å². The molecule has 70 heavy (non-hydrogen) atoms. The Labute approximate surface area is 412 Å². The first-order valence-electron chi connectivity index (χ1n) is 24.1. The van der Waals surface area contributed by atoms with E-state index in [-0.39, 0.29) is 57.7 Å². The molecule has 19 heteroatoms. The second-order valence-electron chi connectivity index (χ2n) is 21.1. The zero-order chi connectivity index (χ0) is 51.9. The highest BCUT2D eigenvalue weighted by molar-refractivity contribution is 5.96. The molecule has 2 aromatic carbocycles. The van der Waals surface area contributed by atoms with Gasteiger partial charge in [-0.3, -0.25) is 19.2 Å². The van der Waals surface area contributed by atoms with E-state index in [1.807, 2.05) is 24.3 Å². The first-order valence-corrected chi connectivity index (χ1v) is 24.1. The molecule has 0 spiro atoms. The number of unbranched alkanes of at least 4 members (excludes halogenated alkanes) is 1. The summed E-state index contributed by atoms with van der Waals surface area (Å²) in [7, 11) is 1.17. The van der Waals surface area contributed by atoms with Gasteiger partial charge >= 0.3 is 24.2 Å². The van der Waals surface area contributed by atoms with Crippen molar-refractivity contribution in [3.8, 4) is 0 Å². The van der Waals surface area contributed by atoms with E-state index >= 15 is 0 Å². The highest BCUT2D eigenvalue weighted by Gasteiger charge is 2.50. The first-order chi connectivity index (χ1) is 32.7. The molecule has 7 amide bonds. The second-order valence-corrected chi connectivity index (χ2v) is 21.1. The topological polar surface area (TPSA) is 249 Å². The number of hydrogen-bond acceptors (Lipinski definition) is 12. The van der Waals surface area contributed by atoms with Crippen molar-refractivity contribution in [3.63, 3.8) is 0 Å². The third kappa shape index (κ3) is 19.5. The molecule has 1 unspecified atom stereocenters. The monoisotopic (exact) mass is 978 g/mol. The molecule has 1 aliphatic heterocycles. The predicted octanol–water partition coefficient (Wildman–Crippen LogP) is 4.98. The van der Waals surface area contributed by atoms with E-state index in [4.69, 9.17) is 18.9 Å². The van der Waals surface area contributed by atoms with Crippen LogP contribution in [0, 0.1) is 5.92 Å². The van der Waals surface area contributed by atoms with Gasteiger partial charge in [-0.2, -0.15) is 0 Å². The Bertz CT molecular complexity index is 2120. The standard InChI is InChI=1S/C51H75N7O12/c1-48(2,3)68-45(64)52-27-18-17-23-36(43(62)58-28-26-51(32-58,44(63)67-10)57-47(66)70-50(7,8)9)53-40(59)38(31-35-24-25-35)54-41(60)37(29-33-19-13-11-14-20-33)55-42(61)39(30-34-21-15-12-16-22-34)56-46(65)69-49(4,5)6/h11-16,19-22,35-39H,17-18,23-32H2,1-10H3,(H,52,64)(H,53,59)(H,54,60)(H,55,61)(H,56,65)(H,57,66)/t36-,37-,38-,39-,51?/m1/s1. The number of amides is 7. The first kappa shape index (κ1) is 56.2. The van der Waals surface area contributed by atoms with Crippen LogP contribution in [0.4, 0.5) is 14.4 Å². The van der Waals surface area contributed by atoms with Crippen molar-refractivity contribution in [1.82, 2.24) is 36.8 Å². The molecule has 0 radical (unpaired) electrons. The maximum atomic E-state index is 14.5. The van der Waals surface area contributed by atoms with Gasteiger partial charge in [-0.25, -0.2) is 19.2 Å². The lowest BCUT2D eigenvalue weighted by molar-refractivity contribution is -0.148. The van der Waals surface area contributed by atoms with Gasteiger partial charge in [0, 0.05) is 32.4 Å². The van der Waals surface area contributed by atoms with E-state index in [1.165, 1.54) is 12.0 Å². The average molecular weight is 978 g/mol. The summed E-state index contributed by atoms with van der Waals surface area (Å²) in [6.45, 7) is 15.3. The summed E-state index contributed by atoms with van der Waals surface area (Å²) >= 11 is 0. The molecule has 5 atom stereocenters. The Kier molecular flexibility index (Phi) is 20.0. The van der Waals surface area contributed by atoms with E-state index in [0.717, 1.165) is 18.4 Å². The largest absolute Gasteiger partial charge is 0.467 e. The van der Waals surface area contributed by atoms with Crippen LogP contribution in [-0.4, -0.2) is 126 Å². The fourth-order valence-corrected chi connectivity index (χ4v) is 7.77. The Hall–Kier alpha value is -6.40. The minimum atomic E-state index is -1.64. The van der Waals surface area contributed by atoms with Crippen molar-refractivity contribution in [2.75, 3.05) is 26.7 Å². The van der Waals surface area contributed by atoms with Gasteiger partial charge in [0.15, 0.2) is 5.54 Å². The number of nitrogens with zero attached hydrogens (tertiary/aromatic N) is 1. The Morgan fingerprint density at radius 1 is 0.614 bits per heavy atom. The maximum Gasteiger partial charge on any atom is 0.408 e. The molecule has 1 saturated heterocycles. The fourth-order valence-electron chi connectivity index (χ4n) is 7.77. The van der Waals surface area contributed by atoms with Crippen LogP contribution < -0.4 is 31.9 Å². The zero-order valence-electron chi connectivity index (χ0n) is 42.5. The van der Waals surface area contributed by atoms with E-state index in [9.17, 15) is 38.4 Å². The molecule has 0 bridgehead atoms. The molecular formula is C51H75N7O12. The molecule has 2 aromatic rings. The van der Waals surface area contributed by atoms with E-state index in [0.29, 0.717) is 18.4 Å². The molecule has 4 rings (SSSR count). The van der Waals surface area contributed by atoms with Gasteiger partial charge < -0.3 is 55.7 Å². The third-order valence-electron chi connectivity index (χ3n) is 11.2. The number of esters is 1. The Morgan fingerprint density at radius 3 is 1.60 bits per heavy atom. The lowest BCUT2D eigenvalue weighted by Crippen LogP contribution is -2.60. The van der Waals surface area contributed by atoms with Gasteiger partial charge in [-0.05, 0) is 105 Å². The number of ether oxygens (including phenoxy) is 4. The minimum absolute atomic E-state index is 0.000480. The molecular weight excluding hydrogens is 903 g/mol. The molecule has 0 aromatic heterocycles. The summed E-state index contributed by atoms with van der Waals surface area (Å²) in [5, 5.41) is 16.6. The molecule has 1 saturated carbocycles. The van der Waals surface area contributed by atoms with Crippen LogP contribution in [-0.2, 0) is 55.8 Å². The number of alkyl carbamates (subject to hydrolysis) is 3. The Morgan fingerprint density at radius 2 is 1.09 bits per heavy atom. The van der Waals surface area contributed by atoms with E-state index in [1.54, 1.807) is 98.7 Å². The smallest absolute Gasteiger partial charge is 0.408 e. The van der Waals surface area contributed by atoms with Gasteiger partial charge in [0.25, 0.3) is 0 Å². The van der Waals surface area contributed by atoms with Crippen molar-refractivity contribution in [3.05, 3.63) is 71.8 Å². The maximum absolute atomic E-state index is 14.5. The average Bonchev–Trinajstić information content (AvgIpc) is 3.98. The van der Waals surface area contributed by atoms with Crippen molar-refractivity contribution >= 4 is 47.9 Å². The SMILES string of the molecule is COC(=O)C1(NC(=O)OC(C)(C)C)CCN(C(=O)[C@@H](CCCCNC(=O)OC(C)(C)C)NC(=O)[C@@H](CC2CC2)NC(=O)[C@@H](Cc2ccccc2)NC(=O)[C@@H](Cc2ccccc2)NC(=O)OC(C)(C)C)C1. The number of carbonyl (C=O) groups excluding carboxylic acids is 8. The van der Waals surface area contributed by atoms with Gasteiger partial charge in [0.1, 0.15) is 41.0 Å². The summed E-state index contributed by atoms with van der Waals surface area (Å²) in [5.41, 5.74) is -2.62. The lowest BCUT2D eigenvalue weighted by Gasteiger charge is -2.31. The van der Waals surface area contributed by atoms with Crippen molar-refractivity contribution in [1.29, 1.82) is 0 Å². The number of rotatable bonds is 21. The van der Waals surface area contributed by atoms with Gasteiger partial charge in [-0.1, -0.05) is 73.5 Å². The summed E-state index contributed by atoms with van der Waals surface area (Å²) in [4.78, 5) is 111. The third-order valence-corrected chi connectivity index (χ3v) is 11.2. The summed E-state index contributed by atoms with van der Waals surface area (Å²) in [6, 6.07) is 13.4. The number of likely N-dealkylation sites (tertiary alicyclic amines) is 1. The number of benzene rings is 2. The summed E-state index contributed by atoms with van der Waals surface area (Å²) in [6.07, 6.45) is 0.572. The van der Waals surface area contributed by atoms with Crippen molar-refractivity contribution in [2.24, 2.45) is 5.92 Å². The Balaban J connectivity index is 1.59. The van der Waals surface area contributed by atoms with Gasteiger partial charge in [-0.15, -0.1) is 0 Å². The minimum Gasteiger partial charge on any atom is -0.467 e. The van der Waals surface area contributed by atoms with Crippen LogP contribution in [0.2, 0.25) is 0 Å². The van der Waals surface area contributed by atoms with E-state index < -0.39 is 94.4 Å². The predicted molar refractivity (Wildman–Crippen MR) is 260 cm³/mol. The normalized spacial score (nSPS) is 17.6. The lowest BCUT2D eigenvalue weighted by atomic mass is 9.99.